The summed E-state index contributed by atoms with van der Waals surface area (Å²) in [5.74, 6) is 0.435. The fraction of sp³-hybridized carbons (Fsp3) is 0.909. The van der Waals surface area contributed by atoms with Gasteiger partial charge in [0.25, 0.3) is 0 Å². The van der Waals surface area contributed by atoms with Crippen LogP contribution in [0.2, 0.25) is 0 Å². The van der Waals surface area contributed by atoms with Crippen molar-refractivity contribution in [1.29, 1.82) is 0 Å². The van der Waals surface area contributed by atoms with E-state index in [1.165, 1.54) is 0 Å². The van der Waals surface area contributed by atoms with Crippen molar-refractivity contribution in [3.05, 3.63) is 0 Å². The first-order chi connectivity index (χ1) is 7.27. The molecule has 0 aromatic heterocycles. The summed E-state index contributed by atoms with van der Waals surface area (Å²) in [4.78, 5) is 16.4. The van der Waals surface area contributed by atoms with Gasteiger partial charge in [-0.15, -0.1) is 0 Å². The lowest BCUT2D eigenvalue weighted by molar-refractivity contribution is -0.141. The molecule has 2 rings (SSSR count). The van der Waals surface area contributed by atoms with Gasteiger partial charge >= 0.3 is 0 Å². The highest BCUT2D eigenvalue weighted by molar-refractivity contribution is 5.79. The van der Waals surface area contributed by atoms with Crippen LogP contribution in [0.1, 0.15) is 12.8 Å². The number of likely N-dealkylation sites (N-methyl/N-ethyl adjacent to an activating group) is 1. The Kier molecular flexibility index (Phi) is 3.59. The molecule has 1 unspecified atom stereocenters. The van der Waals surface area contributed by atoms with Crippen LogP contribution in [0.5, 0.6) is 0 Å². The summed E-state index contributed by atoms with van der Waals surface area (Å²) in [6.45, 7) is 5.22. The number of hydrogen-bond donors (Lipinski definition) is 0. The van der Waals surface area contributed by atoms with E-state index in [0.717, 1.165) is 45.6 Å². The van der Waals surface area contributed by atoms with E-state index in [1.54, 1.807) is 0 Å². The molecule has 2 heterocycles. The van der Waals surface area contributed by atoms with Crippen molar-refractivity contribution in [3.63, 3.8) is 0 Å². The van der Waals surface area contributed by atoms with E-state index in [9.17, 15) is 4.79 Å². The van der Waals surface area contributed by atoms with Gasteiger partial charge < -0.3 is 14.5 Å². The predicted octanol–water partition coefficient (Wildman–Crippen LogP) is 0.187. The molecule has 15 heavy (non-hydrogen) atoms. The number of hydrogen-bond acceptors (Lipinski definition) is 3. The molecule has 0 aromatic rings. The molecule has 86 valence electrons. The molecular formula is C11H20N2O2. The Balaban J connectivity index is 1.84. The Morgan fingerprint density at radius 1 is 1.27 bits per heavy atom. The zero-order valence-electron chi connectivity index (χ0n) is 9.45. The predicted molar refractivity (Wildman–Crippen MR) is 57.6 cm³/mol. The first-order valence-corrected chi connectivity index (χ1v) is 5.82. The highest BCUT2D eigenvalue weighted by Crippen LogP contribution is 2.17. The lowest BCUT2D eigenvalue weighted by atomic mass is 10.0. The van der Waals surface area contributed by atoms with E-state index >= 15 is 0 Å². The molecule has 0 radical (unpaired) electrons. The fourth-order valence-corrected chi connectivity index (χ4v) is 2.22. The van der Waals surface area contributed by atoms with Crippen LogP contribution in [0.15, 0.2) is 0 Å². The second-order valence-electron chi connectivity index (χ2n) is 4.54. The Hall–Kier alpha value is -0.610. The Bertz CT molecular complexity index is 219. The molecule has 0 bridgehead atoms. The van der Waals surface area contributed by atoms with Crippen molar-refractivity contribution in [3.8, 4) is 0 Å². The SMILES string of the molecule is CN1CCN(C(=O)C2CCCOC2)CC1. The lowest BCUT2D eigenvalue weighted by Gasteiger charge is -2.35. The van der Waals surface area contributed by atoms with Gasteiger partial charge in [0.05, 0.1) is 12.5 Å². The summed E-state index contributed by atoms with van der Waals surface area (Å²) in [6, 6.07) is 0. The second-order valence-corrected chi connectivity index (χ2v) is 4.54. The van der Waals surface area contributed by atoms with Gasteiger partial charge in [0.2, 0.25) is 5.91 Å². The minimum atomic E-state index is 0.127. The van der Waals surface area contributed by atoms with Gasteiger partial charge in [-0.05, 0) is 19.9 Å². The van der Waals surface area contributed by atoms with Gasteiger partial charge in [0, 0.05) is 32.8 Å². The molecule has 2 aliphatic rings. The smallest absolute Gasteiger partial charge is 0.228 e. The standard InChI is InChI=1S/C11H20N2O2/c1-12-4-6-13(7-5-12)11(14)10-3-2-8-15-9-10/h10H,2-9H2,1H3. The van der Waals surface area contributed by atoms with Gasteiger partial charge in [-0.2, -0.15) is 0 Å². The molecule has 0 saturated carbocycles. The average Bonchev–Trinajstić information content (AvgIpc) is 2.30. The number of ether oxygens (including phenoxy) is 1. The van der Waals surface area contributed by atoms with Crippen molar-refractivity contribution >= 4 is 5.91 Å². The zero-order chi connectivity index (χ0) is 10.7. The Morgan fingerprint density at radius 3 is 2.60 bits per heavy atom. The van der Waals surface area contributed by atoms with E-state index in [-0.39, 0.29) is 5.92 Å². The largest absolute Gasteiger partial charge is 0.381 e. The molecule has 0 aliphatic carbocycles. The third-order valence-electron chi connectivity index (χ3n) is 3.32. The van der Waals surface area contributed by atoms with Crippen molar-refractivity contribution in [2.75, 3.05) is 46.4 Å². The van der Waals surface area contributed by atoms with Gasteiger partial charge in [-0.1, -0.05) is 0 Å². The van der Waals surface area contributed by atoms with Crippen LogP contribution in [-0.4, -0.2) is 62.1 Å². The quantitative estimate of drug-likeness (QED) is 0.622. The molecule has 1 amide bonds. The maximum Gasteiger partial charge on any atom is 0.228 e. The topological polar surface area (TPSA) is 32.8 Å². The lowest BCUT2D eigenvalue weighted by Crippen LogP contribution is -2.50. The van der Waals surface area contributed by atoms with E-state index in [2.05, 4.69) is 11.9 Å². The number of piperazine rings is 1. The van der Waals surface area contributed by atoms with Gasteiger partial charge in [-0.25, -0.2) is 0 Å². The van der Waals surface area contributed by atoms with Gasteiger partial charge in [0.1, 0.15) is 0 Å². The molecule has 0 aromatic carbocycles. The normalized spacial score (nSPS) is 29.1. The summed E-state index contributed by atoms with van der Waals surface area (Å²) in [7, 11) is 2.10. The molecule has 2 saturated heterocycles. The Labute approximate surface area is 91.2 Å². The molecule has 4 nitrogen and oxygen atoms in total. The van der Waals surface area contributed by atoms with Crippen LogP contribution < -0.4 is 0 Å². The molecule has 4 heteroatoms. The maximum absolute atomic E-state index is 12.1. The minimum absolute atomic E-state index is 0.127. The second kappa shape index (κ2) is 4.94. The van der Waals surface area contributed by atoms with Crippen molar-refractivity contribution < 1.29 is 9.53 Å². The van der Waals surface area contributed by atoms with Gasteiger partial charge in [-0.3, -0.25) is 4.79 Å². The maximum atomic E-state index is 12.1. The number of carbonyl (C=O) groups excluding carboxylic acids is 1. The number of amides is 1. The number of rotatable bonds is 1. The fourth-order valence-electron chi connectivity index (χ4n) is 2.22. The number of nitrogens with zero attached hydrogens (tertiary/aromatic N) is 2. The molecular weight excluding hydrogens is 192 g/mol. The average molecular weight is 212 g/mol. The monoisotopic (exact) mass is 212 g/mol. The molecule has 1 atom stereocenters. The summed E-state index contributed by atoms with van der Waals surface area (Å²) in [6.07, 6.45) is 2.04. The van der Waals surface area contributed by atoms with E-state index in [0.29, 0.717) is 12.5 Å². The van der Waals surface area contributed by atoms with Crippen LogP contribution >= 0.6 is 0 Å². The summed E-state index contributed by atoms with van der Waals surface area (Å²) in [5.41, 5.74) is 0. The van der Waals surface area contributed by atoms with E-state index < -0.39 is 0 Å². The van der Waals surface area contributed by atoms with Crippen molar-refractivity contribution in [2.45, 2.75) is 12.8 Å². The minimum Gasteiger partial charge on any atom is -0.381 e. The van der Waals surface area contributed by atoms with Crippen molar-refractivity contribution in [2.24, 2.45) is 5.92 Å². The number of carbonyl (C=O) groups is 1. The molecule has 0 N–H and O–H groups in total. The van der Waals surface area contributed by atoms with E-state index in [4.69, 9.17) is 4.74 Å². The highest BCUT2D eigenvalue weighted by atomic mass is 16.5. The summed E-state index contributed by atoms with van der Waals surface area (Å²) < 4.78 is 5.36. The van der Waals surface area contributed by atoms with Crippen LogP contribution in [0, 0.1) is 5.92 Å². The Morgan fingerprint density at radius 2 is 2.00 bits per heavy atom. The zero-order valence-corrected chi connectivity index (χ0v) is 9.45. The van der Waals surface area contributed by atoms with Crippen molar-refractivity contribution in [1.82, 2.24) is 9.80 Å². The van der Waals surface area contributed by atoms with Crippen LogP contribution in [0.4, 0.5) is 0 Å². The molecule has 0 spiro atoms. The summed E-state index contributed by atoms with van der Waals surface area (Å²) >= 11 is 0. The first-order valence-electron chi connectivity index (χ1n) is 5.82. The molecule has 2 aliphatic heterocycles. The van der Waals surface area contributed by atoms with Crippen LogP contribution in [-0.2, 0) is 9.53 Å². The van der Waals surface area contributed by atoms with Crippen LogP contribution in [0.25, 0.3) is 0 Å². The summed E-state index contributed by atoms with van der Waals surface area (Å²) in [5, 5.41) is 0. The van der Waals surface area contributed by atoms with E-state index in [1.807, 2.05) is 4.90 Å². The molecule has 2 fully saturated rings. The highest BCUT2D eigenvalue weighted by Gasteiger charge is 2.27. The van der Waals surface area contributed by atoms with Crippen LogP contribution in [0.3, 0.4) is 0 Å². The first kappa shape index (κ1) is 10.9. The third kappa shape index (κ3) is 2.69. The van der Waals surface area contributed by atoms with Gasteiger partial charge in [0.15, 0.2) is 0 Å². The third-order valence-corrected chi connectivity index (χ3v) is 3.32.